The van der Waals surface area contributed by atoms with Crippen molar-refractivity contribution >= 4 is 17.6 Å². The van der Waals surface area contributed by atoms with Crippen LogP contribution < -0.4 is 10.6 Å². The molecule has 2 amide bonds. The number of carbonyl (C=O) groups is 2. The number of hydrogen-bond acceptors (Lipinski definition) is 4. The van der Waals surface area contributed by atoms with Gasteiger partial charge in [-0.2, -0.15) is 0 Å². The molecular weight excluding hydrogens is 330 g/mol. The second-order valence-corrected chi connectivity index (χ2v) is 6.03. The van der Waals surface area contributed by atoms with E-state index in [1.165, 1.54) is 11.6 Å². The van der Waals surface area contributed by atoms with Crippen LogP contribution in [0.3, 0.4) is 0 Å². The maximum absolute atomic E-state index is 11.9. The first-order valence-corrected chi connectivity index (χ1v) is 8.20. The third-order valence-electron chi connectivity index (χ3n) is 3.81. The Labute approximate surface area is 151 Å². The van der Waals surface area contributed by atoms with E-state index in [1.807, 2.05) is 49.4 Å². The lowest BCUT2D eigenvalue weighted by molar-refractivity contribution is -0.136. The van der Waals surface area contributed by atoms with Gasteiger partial charge in [0.15, 0.2) is 5.82 Å². The van der Waals surface area contributed by atoms with E-state index in [1.54, 1.807) is 6.92 Å². The van der Waals surface area contributed by atoms with Gasteiger partial charge < -0.3 is 9.84 Å². The summed E-state index contributed by atoms with van der Waals surface area (Å²) in [5.74, 6) is -0.752. The molecule has 2 N–H and O–H groups in total. The molecule has 0 saturated carbocycles. The van der Waals surface area contributed by atoms with Crippen LogP contribution >= 0.6 is 0 Å². The number of hydrogen-bond donors (Lipinski definition) is 2. The molecule has 0 unspecified atom stereocenters. The highest BCUT2D eigenvalue weighted by Crippen LogP contribution is 2.21. The minimum atomic E-state index is -0.784. The smallest absolute Gasteiger partial charge is 0.314 e. The first-order valence-electron chi connectivity index (χ1n) is 8.20. The summed E-state index contributed by atoms with van der Waals surface area (Å²) < 4.78 is 4.84. The fourth-order valence-corrected chi connectivity index (χ4v) is 2.55. The summed E-state index contributed by atoms with van der Waals surface area (Å²) in [7, 11) is 0. The number of nitrogens with zero attached hydrogens (tertiary/aromatic N) is 1. The van der Waals surface area contributed by atoms with Crippen LogP contribution in [0.4, 0.5) is 5.82 Å². The lowest BCUT2D eigenvalue weighted by atomic mass is 10.0. The largest absolute Gasteiger partial charge is 0.360 e. The molecule has 0 aliphatic rings. The number of rotatable bonds is 4. The van der Waals surface area contributed by atoms with Crippen LogP contribution in [0.25, 0.3) is 11.1 Å². The van der Waals surface area contributed by atoms with E-state index in [-0.39, 0.29) is 12.4 Å². The van der Waals surface area contributed by atoms with E-state index < -0.39 is 11.8 Å². The summed E-state index contributed by atoms with van der Waals surface area (Å²) in [6.07, 6.45) is 0. The van der Waals surface area contributed by atoms with Crippen LogP contribution in [0.2, 0.25) is 0 Å². The monoisotopic (exact) mass is 349 g/mol. The molecule has 0 atom stereocenters. The second kappa shape index (κ2) is 7.65. The number of amides is 2. The average Bonchev–Trinajstić information content (AvgIpc) is 3.04. The summed E-state index contributed by atoms with van der Waals surface area (Å²) in [5.41, 5.74) is 4.25. The summed E-state index contributed by atoms with van der Waals surface area (Å²) in [6.45, 7) is 4.00. The predicted octanol–water partition coefficient (Wildman–Crippen LogP) is 3.21. The SMILES string of the molecule is Cc1cccc(-c2cccc(CNC(=O)C(=O)Nc3cc(C)on3)c2)c1. The van der Waals surface area contributed by atoms with Crippen LogP contribution in [0.1, 0.15) is 16.9 Å². The molecule has 3 aromatic rings. The highest BCUT2D eigenvalue weighted by atomic mass is 16.5. The Morgan fingerprint density at radius 2 is 1.69 bits per heavy atom. The van der Waals surface area contributed by atoms with E-state index in [4.69, 9.17) is 4.52 Å². The van der Waals surface area contributed by atoms with Gasteiger partial charge in [0.05, 0.1) is 0 Å². The van der Waals surface area contributed by atoms with Gasteiger partial charge in [-0.15, -0.1) is 0 Å². The van der Waals surface area contributed by atoms with Gasteiger partial charge in [-0.1, -0.05) is 53.2 Å². The first kappa shape index (κ1) is 17.4. The quantitative estimate of drug-likeness (QED) is 0.709. The van der Waals surface area contributed by atoms with Crippen molar-refractivity contribution in [2.45, 2.75) is 20.4 Å². The van der Waals surface area contributed by atoms with Crippen LogP contribution in [-0.4, -0.2) is 17.0 Å². The standard InChI is InChI=1S/C20H19N3O3/c1-13-5-3-7-16(9-13)17-8-4-6-15(11-17)12-21-19(24)20(25)22-18-10-14(2)26-23-18/h3-11H,12H2,1-2H3,(H,21,24)(H,22,23,25). The van der Waals surface area contributed by atoms with Gasteiger partial charge in [0.1, 0.15) is 5.76 Å². The van der Waals surface area contributed by atoms with E-state index >= 15 is 0 Å². The van der Waals surface area contributed by atoms with Crippen LogP contribution in [-0.2, 0) is 16.1 Å². The zero-order valence-corrected chi connectivity index (χ0v) is 14.6. The minimum absolute atomic E-state index is 0.212. The molecule has 6 nitrogen and oxygen atoms in total. The Kier molecular flexibility index (Phi) is 5.12. The van der Waals surface area contributed by atoms with Gasteiger partial charge in [0.25, 0.3) is 0 Å². The lowest BCUT2D eigenvalue weighted by Gasteiger charge is -2.08. The summed E-state index contributed by atoms with van der Waals surface area (Å²) in [6, 6.07) is 17.6. The Morgan fingerprint density at radius 3 is 2.38 bits per heavy atom. The van der Waals surface area contributed by atoms with Crippen molar-refractivity contribution in [1.29, 1.82) is 0 Å². The highest BCUT2D eigenvalue weighted by molar-refractivity contribution is 6.39. The van der Waals surface area contributed by atoms with Crippen molar-refractivity contribution in [2.75, 3.05) is 5.32 Å². The number of carbonyl (C=O) groups excluding carboxylic acids is 2. The van der Waals surface area contributed by atoms with Gasteiger partial charge >= 0.3 is 11.8 Å². The maximum Gasteiger partial charge on any atom is 0.314 e. The Bertz CT molecular complexity index is 947. The number of anilines is 1. The lowest BCUT2D eigenvalue weighted by Crippen LogP contribution is -2.35. The summed E-state index contributed by atoms with van der Waals surface area (Å²) >= 11 is 0. The molecule has 1 aromatic heterocycles. The molecular formula is C20H19N3O3. The zero-order valence-electron chi connectivity index (χ0n) is 14.6. The Balaban J connectivity index is 1.61. The molecule has 0 aliphatic heterocycles. The summed E-state index contributed by atoms with van der Waals surface area (Å²) in [4.78, 5) is 23.8. The highest BCUT2D eigenvalue weighted by Gasteiger charge is 2.15. The number of aromatic nitrogens is 1. The van der Waals surface area contributed by atoms with Crippen molar-refractivity contribution in [1.82, 2.24) is 10.5 Å². The molecule has 0 aliphatic carbocycles. The summed E-state index contributed by atoms with van der Waals surface area (Å²) in [5, 5.41) is 8.61. The molecule has 6 heteroatoms. The molecule has 132 valence electrons. The van der Waals surface area contributed by atoms with Crippen molar-refractivity contribution < 1.29 is 14.1 Å². The number of aryl methyl sites for hydroxylation is 2. The van der Waals surface area contributed by atoms with E-state index in [0.29, 0.717) is 5.76 Å². The van der Waals surface area contributed by atoms with Crippen molar-refractivity contribution in [3.05, 3.63) is 71.5 Å². The van der Waals surface area contributed by atoms with Crippen molar-refractivity contribution in [3.8, 4) is 11.1 Å². The van der Waals surface area contributed by atoms with Crippen molar-refractivity contribution in [2.24, 2.45) is 0 Å². The molecule has 2 aromatic carbocycles. The topological polar surface area (TPSA) is 84.2 Å². The normalized spacial score (nSPS) is 10.4. The van der Waals surface area contributed by atoms with Crippen LogP contribution in [0.15, 0.2) is 59.1 Å². The number of benzene rings is 2. The van der Waals surface area contributed by atoms with E-state index in [0.717, 1.165) is 16.7 Å². The number of nitrogens with one attached hydrogen (secondary N) is 2. The Hall–Kier alpha value is -3.41. The fourth-order valence-electron chi connectivity index (χ4n) is 2.55. The molecule has 3 rings (SSSR count). The molecule has 0 saturated heterocycles. The molecule has 0 radical (unpaired) electrons. The molecule has 0 spiro atoms. The van der Waals surface area contributed by atoms with Crippen LogP contribution in [0.5, 0.6) is 0 Å². The fraction of sp³-hybridized carbons (Fsp3) is 0.150. The van der Waals surface area contributed by atoms with E-state index in [2.05, 4.69) is 21.9 Å². The third-order valence-corrected chi connectivity index (χ3v) is 3.81. The second-order valence-electron chi connectivity index (χ2n) is 6.03. The van der Waals surface area contributed by atoms with Gasteiger partial charge in [0.2, 0.25) is 0 Å². The zero-order chi connectivity index (χ0) is 18.5. The maximum atomic E-state index is 11.9. The van der Waals surface area contributed by atoms with Gasteiger partial charge in [-0.3, -0.25) is 14.9 Å². The molecule has 1 heterocycles. The molecule has 0 fully saturated rings. The third kappa shape index (κ3) is 4.36. The van der Waals surface area contributed by atoms with Gasteiger partial charge in [0, 0.05) is 12.6 Å². The van der Waals surface area contributed by atoms with Gasteiger partial charge in [-0.05, 0) is 36.6 Å². The van der Waals surface area contributed by atoms with E-state index in [9.17, 15) is 9.59 Å². The predicted molar refractivity (Wildman–Crippen MR) is 98.3 cm³/mol. The molecule has 26 heavy (non-hydrogen) atoms. The van der Waals surface area contributed by atoms with Gasteiger partial charge in [-0.25, -0.2) is 0 Å². The van der Waals surface area contributed by atoms with Crippen LogP contribution in [0, 0.1) is 13.8 Å². The Morgan fingerprint density at radius 1 is 0.962 bits per heavy atom. The van der Waals surface area contributed by atoms with Crippen molar-refractivity contribution in [3.63, 3.8) is 0 Å². The minimum Gasteiger partial charge on any atom is -0.360 e. The molecule has 0 bridgehead atoms. The first-order chi connectivity index (χ1) is 12.5. The average molecular weight is 349 g/mol.